The molecule has 0 unspecified atom stereocenters. The molecule has 0 bridgehead atoms. The lowest BCUT2D eigenvalue weighted by molar-refractivity contribution is 0.405. The molecule has 0 spiro atoms. The standard InChI is InChI=1S/C11H6F2NO/c12-8-4-3-5-9(11(8)13)15-10-6-1-2-7-14-10/h1,3-7H. The Hall–Kier alpha value is -1.97. The topological polar surface area (TPSA) is 22.1 Å². The summed E-state index contributed by atoms with van der Waals surface area (Å²) in [6, 6.07) is 9.48. The van der Waals surface area contributed by atoms with E-state index in [1.54, 1.807) is 6.07 Å². The highest BCUT2D eigenvalue weighted by molar-refractivity contribution is 5.28. The second kappa shape index (κ2) is 4.04. The van der Waals surface area contributed by atoms with Crippen molar-refractivity contribution in [3.05, 3.63) is 54.2 Å². The average Bonchev–Trinajstić information content (AvgIpc) is 2.26. The lowest BCUT2D eigenvalue weighted by Crippen LogP contribution is -1.92. The average molecular weight is 206 g/mol. The zero-order valence-electron chi connectivity index (χ0n) is 7.58. The first-order valence-corrected chi connectivity index (χ1v) is 4.21. The first-order chi connectivity index (χ1) is 7.27. The number of hydrogen-bond acceptors (Lipinski definition) is 2. The summed E-state index contributed by atoms with van der Waals surface area (Å²) in [5, 5.41) is 0. The van der Waals surface area contributed by atoms with Crippen molar-refractivity contribution in [2.24, 2.45) is 0 Å². The molecule has 0 saturated carbocycles. The van der Waals surface area contributed by atoms with Crippen LogP contribution in [0, 0.1) is 17.7 Å². The third-order valence-corrected chi connectivity index (χ3v) is 1.72. The second-order valence-electron chi connectivity index (χ2n) is 2.75. The van der Waals surface area contributed by atoms with Crippen molar-refractivity contribution in [3.8, 4) is 11.6 Å². The maximum atomic E-state index is 13.2. The van der Waals surface area contributed by atoms with Crippen LogP contribution >= 0.6 is 0 Å². The van der Waals surface area contributed by atoms with Crippen molar-refractivity contribution < 1.29 is 13.5 Å². The summed E-state index contributed by atoms with van der Waals surface area (Å²) in [6.45, 7) is 0. The van der Waals surface area contributed by atoms with E-state index >= 15 is 0 Å². The number of pyridine rings is 1. The van der Waals surface area contributed by atoms with Gasteiger partial charge in [0.1, 0.15) is 0 Å². The van der Waals surface area contributed by atoms with E-state index in [9.17, 15) is 8.78 Å². The van der Waals surface area contributed by atoms with Crippen molar-refractivity contribution >= 4 is 0 Å². The van der Waals surface area contributed by atoms with Gasteiger partial charge in [0.2, 0.25) is 11.7 Å². The van der Waals surface area contributed by atoms with Gasteiger partial charge in [0.25, 0.3) is 0 Å². The first kappa shape index (κ1) is 9.58. The Labute approximate surface area is 85.2 Å². The molecular formula is C11H6F2NO. The van der Waals surface area contributed by atoms with Gasteiger partial charge in [0.05, 0.1) is 0 Å². The van der Waals surface area contributed by atoms with Gasteiger partial charge in [-0.25, -0.2) is 9.37 Å². The first-order valence-electron chi connectivity index (χ1n) is 4.21. The predicted octanol–water partition coefficient (Wildman–Crippen LogP) is 2.95. The fourth-order valence-electron chi connectivity index (χ4n) is 1.04. The lowest BCUT2D eigenvalue weighted by Gasteiger charge is -2.04. The number of nitrogens with zero attached hydrogens (tertiary/aromatic N) is 1. The van der Waals surface area contributed by atoms with E-state index in [-0.39, 0.29) is 11.6 Å². The molecule has 0 aliphatic heterocycles. The zero-order chi connectivity index (χ0) is 10.7. The zero-order valence-corrected chi connectivity index (χ0v) is 7.58. The minimum absolute atomic E-state index is 0.186. The SMILES string of the molecule is Fc1cccc(Oc2cc[c]cn2)c1F. The highest BCUT2D eigenvalue weighted by Gasteiger charge is 2.09. The van der Waals surface area contributed by atoms with Crippen LogP contribution in [0.5, 0.6) is 11.6 Å². The Kier molecular flexibility index (Phi) is 2.58. The van der Waals surface area contributed by atoms with Crippen molar-refractivity contribution in [1.82, 2.24) is 4.98 Å². The minimum Gasteiger partial charge on any atom is -0.436 e. The molecule has 0 aliphatic rings. The van der Waals surface area contributed by atoms with Gasteiger partial charge in [-0.2, -0.15) is 4.39 Å². The van der Waals surface area contributed by atoms with Crippen LogP contribution in [0.3, 0.4) is 0 Å². The predicted molar refractivity (Wildman–Crippen MR) is 49.5 cm³/mol. The largest absolute Gasteiger partial charge is 0.436 e. The van der Waals surface area contributed by atoms with Gasteiger partial charge in [-0.3, -0.25) is 0 Å². The molecule has 0 aliphatic carbocycles. The van der Waals surface area contributed by atoms with Crippen molar-refractivity contribution in [3.63, 3.8) is 0 Å². The number of aromatic nitrogens is 1. The Balaban J connectivity index is 2.29. The molecule has 15 heavy (non-hydrogen) atoms. The summed E-state index contributed by atoms with van der Waals surface area (Å²) in [7, 11) is 0. The molecule has 75 valence electrons. The molecule has 4 heteroatoms. The number of halogens is 2. The molecule has 2 rings (SSSR count). The van der Waals surface area contributed by atoms with Crippen molar-refractivity contribution in [1.29, 1.82) is 0 Å². The van der Waals surface area contributed by atoms with Crippen LogP contribution in [0.1, 0.15) is 0 Å². The van der Waals surface area contributed by atoms with Crippen LogP contribution < -0.4 is 4.74 Å². The second-order valence-corrected chi connectivity index (χ2v) is 2.75. The van der Waals surface area contributed by atoms with Gasteiger partial charge in [0.15, 0.2) is 11.6 Å². The molecule has 0 saturated heterocycles. The monoisotopic (exact) mass is 206 g/mol. The van der Waals surface area contributed by atoms with Crippen molar-refractivity contribution in [2.45, 2.75) is 0 Å². The van der Waals surface area contributed by atoms with Gasteiger partial charge in [0, 0.05) is 18.3 Å². The van der Waals surface area contributed by atoms with Crippen LogP contribution in [0.15, 0.2) is 36.5 Å². The highest BCUT2D eigenvalue weighted by atomic mass is 19.2. The maximum absolute atomic E-state index is 13.2. The normalized spacial score (nSPS) is 10.0. The summed E-state index contributed by atoms with van der Waals surface area (Å²) >= 11 is 0. The number of ether oxygens (including phenoxy) is 1. The number of rotatable bonds is 2. The molecule has 0 N–H and O–H groups in total. The fourth-order valence-corrected chi connectivity index (χ4v) is 1.04. The summed E-state index contributed by atoms with van der Waals surface area (Å²) in [5.74, 6) is -1.96. The van der Waals surface area contributed by atoms with Gasteiger partial charge < -0.3 is 4.74 Å². The smallest absolute Gasteiger partial charge is 0.219 e. The van der Waals surface area contributed by atoms with E-state index in [2.05, 4.69) is 11.1 Å². The molecular weight excluding hydrogens is 200 g/mol. The van der Waals surface area contributed by atoms with Crippen LogP contribution in [0.2, 0.25) is 0 Å². The van der Waals surface area contributed by atoms with Gasteiger partial charge in [-0.05, 0) is 18.2 Å². The minimum atomic E-state index is -1.02. The quantitative estimate of drug-likeness (QED) is 0.753. The Morgan fingerprint density at radius 1 is 1.20 bits per heavy atom. The Bertz CT molecular complexity index is 459. The van der Waals surface area contributed by atoms with Gasteiger partial charge >= 0.3 is 0 Å². The van der Waals surface area contributed by atoms with Crippen LogP contribution in [-0.4, -0.2) is 4.98 Å². The Morgan fingerprint density at radius 3 is 2.80 bits per heavy atom. The van der Waals surface area contributed by atoms with E-state index in [1.807, 2.05) is 0 Å². The van der Waals surface area contributed by atoms with E-state index in [0.717, 1.165) is 6.07 Å². The fraction of sp³-hybridized carbons (Fsp3) is 0. The molecule has 2 aromatic rings. The van der Waals surface area contributed by atoms with E-state index in [1.165, 1.54) is 24.4 Å². The third kappa shape index (κ3) is 2.10. The van der Waals surface area contributed by atoms with Gasteiger partial charge in [-0.15, -0.1) is 0 Å². The Morgan fingerprint density at radius 2 is 2.07 bits per heavy atom. The summed E-state index contributed by atoms with van der Waals surface area (Å²) in [6.07, 6.45) is 1.38. The third-order valence-electron chi connectivity index (χ3n) is 1.72. The molecule has 1 heterocycles. The molecule has 2 nitrogen and oxygen atoms in total. The molecule has 0 amide bonds. The van der Waals surface area contributed by atoms with Gasteiger partial charge in [-0.1, -0.05) is 6.07 Å². The van der Waals surface area contributed by atoms with Crippen LogP contribution in [-0.2, 0) is 0 Å². The molecule has 1 aromatic heterocycles. The lowest BCUT2D eigenvalue weighted by atomic mass is 10.3. The summed E-state index contributed by atoms with van der Waals surface area (Å²) < 4.78 is 31.0. The highest BCUT2D eigenvalue weighted by Crippen LogP contribution is 2.23. The van der Waals surface area contributed by atoms with E-state index < -0.39 is 11.6 Å². The van der Waals surface area contributed by atoms with Crippen molar-refractivity contribution in [2.75, 3.05) is 0 Å². The molecule has 0 fully saturated rings. The molecule has 1 radical (unpaired) electrons. The maximum Gasteiger partial charge on any atom is 0.219 e. The molecule has 0 atom stereocenters. The van der Waals surface area contributed by atoms with Crippen LogP contribution in [0.25, 0.3) is 0 Å². The van der Waals surface area contributed by atoms with E-state index in [4.69, 9.17) is 4.74 Å². The van der Waals surface area contributed by atoms with E-state index in [0.29, 0.717) is 0 Å². The van der Waals surface area contributed by atoms with Crippen LogP contribution in [0.4, 0.5) is 8.78 Å². The number of hydrogen-bond donors (Lipinski definition) is 0. The summed E-state index contributed by atoms with van der Waals surface area (Å²) in [4.78, 5) is 3.78. The number of benzene rings is 1. The molecule has 1 aromatic carbocycles. The summed E-state index contributed by atoms with van der Waals surface area (Å²) in [5.41, 5.74) is 0.